The first-order chi connectivity index (χ1) is 10.0. The molecule has 7 heteroatoms. The van der Waals surface area contributed by atoms with Gasteiger partial charge in [-0.15, -0.1) is 0 Å². The van der Waals surface area contributed by atoms with Crippen LogP contribution in [0.15, 0.2) is 34.9 Å². The third kappa shape index (κ3) is 2.01. The van der Waals surface area contributed by atoms with E-state index in [1.807, 2.05) is 0 Å². The Bertz CT molecular complexity index is 698. The van der Waals surface area contributed by atoms with Gasteiger partial charge in [-0.3, -0.25) is 15.1 Å². The summed E-state index contributed by atoms with van der Waals surface area (Å²) in [6, 6.07) is 6.89. The molecule has 6 nitrogen and oxygen atoms in total. The van der Waals surface area contributed by atoms with Crippen LogP contribution >= 0.6 is 11.8 Å². The van der Waals surface area contributed by atoms with E-state index in [1.165, 1.54) is 23.8 Å². The zero-order valence-electron chi connectivity index (χ0n) is 11.4. The molecule has 0 saturated carbocycles. The van der Waals surface area contributed by atoms with Crippen molar-refractivity contribution in [1.29, 1.82) is 5.41 Å². The van der Waals surface area contributed by atoms with Crippen LogP contribution in [0, 0.1) is 5.41 Å². The zero-order valence-corrected chi connectivity index (χ0v) is 12.2. The molecule has 0 spiro atoms. The van der Waals surface area contributed by atoms with Gasteiger partial charge >= 0.3 is 5.97 Å². The van der Waals surface area contributed by atoms with E-state index in [0.717, 1.165) is 0 Å². The molecule has 1 saturated heterocycles. The lowest BCUT2D eigenvalue weighted by Crippen LogP contribution is -2.28. The average molecular weight is 304 g/mol. The summed E-state index contributed by atoms with van der Waals surface area (Å²) in [4.78, 5) is 25.8. The number of thioether (sulfide) groups is 1. The summed E-state index contributed by atoms with van der Waals surface area (Å²) in [5, 5.41) is 8.05. The SMILES string of the molecule is COC(=O)C1=C2SC(C)C(=O)N2c2ccccc2OC1=N. The van der Waals surface area contributed by atoms with E-state index < -0.39 is 5.97 Å². The number of rotatable bonds is 1. The van der Waals surface area contributed by atoms with Crippen molar-refractivity contribution < 1.29 is 19.1 Å². The molecule has 1 aromatic carbocycles. The molecule has 1 amide bonds. The van der Waals surface area contributed by atoms with Crippen LogP contribution in [-0.2, 0) is 14.3 Å². The third-order valence-corrected chi connectivity index (χ3v) is 4.37. The molecule has 1 fully saturated rings. The fourth-order valence-electron chi connectivity index (χ4n) is 2.22. The van der Waals surface area contributed by atoms with Crippen LogP contribution in [0.25, 0.3) is 0 Å². The van der Waals surface area contributed by atoms with Crippen molar-refractivity contribution in [2.45, 2.75) is 12.2 Å². The van der Waals surface area contributed by atoms with E-state index in [-0.39, 0.29) is 22.6 Å². The second-order valence-electron chi connectivity index (χ2n) is 4.50. The molecule has 1 aromatic rings. The minimum Gasteiger partial charge on any atom is -0.465 e. The van der Waals surface area contributed by atoms with Crippen molar-refractivity contribution in [3.8, 4) is 5.75 Å². The van der Waals surface area contributed by atoms with Gasteiger partial charge in [0.25, 0.3) is 0 Å². The molecular weight excluding hydrogens is 292 g/mol. The summed E-state index contributed by atoms with van der Waals surface area (Å²) < 4.78 is 10.2. The smallest absolute Gasteiger partial charge is 0.346 e. The Kier molecular flexibility index (Phi) is 3.21. The van der Waals surface area contributed by atoms with Gasteiger partial charge in [0.2, 0.25) is 11.8 Å². The van der Waals surface area contributed by atoms with Crippen molar-refractivity contribution >= 4 is 35.2 Å². The van der Waals surface area contributed by atoms with Crippen LogP contribution in [0.3, 0.4) is 0 Å². The average Bonchev–Trinajstić information content (AvgIpc) is 2.68. The Labute approximate surface area is 125 Å². The largest absolute Gasteiger partial charge is 0.465 e. The number of para-hydroxylation sites is 2. The van der Waals surface area contributed by atoms with Crippen molar-refractivity contribution in [1.82, 2.24) is 0 Å². The van der Waals surface area contributed by atoms with Crippen LogP contribution in [0.2, 0.25) is 0 Å². The lowest BCUT2D eigenvalue weighted by molar-refractivity contribution is -0.135. The van der Waals surface area contributed by atoms with Crippen LogP contribution in [0.5, 0.6) is 5.75 Å². The van der Waals surface area contributed by atoms with E-state index >= 15 is 0 Å². The second-order valence-corrected chi connectivity index (χ2v) is 5.83. The van der Waals surface area contributed by atoms with Gasteiger partial charge in [0, 0.05) is 0 Å². The molecule has 2 heterocycles. The van der Waals surface area contributed by atoms with E-state index in [9.17, 15) is 9.59 Å². The molecule has 108 valence electrons. The van der Waals surface area contributed by atoms with Gasteiger partial charge in [-0.05, 0) is 19.1 Å². The number of carbonyl (C=O) groups is 2. The quantitative estimate of drug-likeness (QED) is 0.802. The number of amides is 1. The summed E-state index contributed by atoms with van der Waals surface area (Å²) in [6.07, 6.45) is 0. The maximum Gasteiger partial charge on any atom is 0.346 e. The number of hydrogen-bond acceptors (Lipinski definition) is 6. The van der Waals surface area contributed by atoms with Crippen LogP contribution < -0.4 is 9.64 Å². The van der Waals surface area contributed by atoms with Gasteiger partial charge in [-0.1, -0.05) is 23.9 Å². The molecule has 0 bridgehead atoms. The topological polar surface area (TPSA) is 79.7 Å². The number of methoxy groups -OCH3 is 1. The number of esters is 1. The highest BCUT2D eigenvalue weighted by atomic mass is 32.2. The van der Waals surface area contributed by atoms with Gasteiger partial charge in [0.15, 0.2) is 11.3 Å². The first-order valence-corrected chi connectivity index (χ1v) is 7.11. The van der Waals surface area contributed by atoms with Gasteiger partial charge in [-0.25, -0.2) is 4.79 Å². The minimum atomic E-state index is -0.692. The molecule has 2 aliphatic rings. The molecule has 0 radical (unpaired) electrons. The van der Waals surface area contributed by atoms with Crippen molar-refractivity contribution in [3.63, 3.8) is 0 Å². The fourth-order valence-corrected chi connectivity index (χ4v) is 3.35. The maximum atomic E-state index is 12.4. The highest BCUT2D eigenvalue weighted by Gasteiger charge is 2.43. The van der Waals surface area contributed by atoms with Crippen molar-refractivity contribution in [2.24, 2.45) is 0 Å². The lowest BCUT2D eigenvalue weighted by Gasteiger charge is -2.17. The second kappa shape index (κ2) is 4.92. The first-order valence-electron chi connectivity index (χ1n) is 6.23. The monoisotopic (exact) mass is 304 g/mol. The molecule has 0 aromatic heterocycles. The molecule has 21 heavy (non-hydrogen) atoms. The Hall–Kier alpha value is -2.28. The number of hydrogen-bond donors (Lipinski definition) is 1. The van der Waals surface area contributed by atoms with Gasteiger partial charge in [-0.2, -0.15) is 0 Å². The molecular formula is C14H12N2O4S. The van der Waals surface area contributed by atoms with E-state index in [4.69, 9.17) is 14.9 Å². The predicted molar refractivity (Wildman–Crippen MR) is 78.4 cm³/mol. The summed E-state index contributed by atoms with van der Waals surface area (Å²) in [5.74, 6) is -0.799. The summed E-state index contributed by atoms with van der Waals surface area (Å²) >= 11 is 1.22. The van der Waals surface area contributed by atoms with Crippen molar-refractivity contribution in [3.05, 3.63) is 34.9 Å². The predicted octanol–water partition coefficient (Wildman–Crippen LogP) is 1.91. The highest BCUT2D eigenvalue weighted by Crippen LogP contribution is 2.45. The number of nitrogens with one attached hydrogen (secondary N) is 1. The molecule has 1 N–H and O–H groups in total. The third-order valence-electron chi connectivity index (χ3n) is 3.21. The number of fused-ring (bicyclic) bond motifs is 3. The Morgan fingerprint density at radius 2 is 2.14 bits per heavy atom. The van der Waals surface area contributed by atoms with Gasteiger partial charge in [0.05, 0.1) is 18.0 Å². The Morgan fingerprint density at radius 1 is 1.43 bits per heavy atom. The van der Waals surface area contributed by atoms with Crippen LogP contribution in [-0.4, -0.2) is 30.1 Å². The molecule has 2 aliphatic heterocycles. The summed E-state index contributed by atoms with van der Waals surface area (Å²) in [6.45, 7) is 1.76. The molecule has 0 aliphatic carbocycles. The van der Waals surface area contributed by atoms with E-state index in [0.29, 0.717) is 16.5 Å². The summed E-state index contributed by atoms with van der Waals surface area (Å²) in [5.41, 5.74) is 0.495. The number of carbonyl (C=O) groups excluding carboxylic acids is 2. The maximum absolute atomic E-state index is 12.4. The van der Waals surface area contributed by atoms with E-state index in [1.54, 1.807) is 31.2 Å². The van der Waals surface area contributed by atoms with Crippen LogP contribution in [0.4, 0.5) is 5.69 Å². The van der Waals surface area contributed by atoms with Gasteiger partial charge < -0.3 is 9.47 Å². The number of benzene rings is 1. The lowest BCUT2D eigenvalue weighted by atomic mass is 10.2. The summed E-state index contributed by atoms with van der Waals surface area (Å²) in [7, 11) is 1.23. The number of anilines is 1. The molecule has 3 rings (SSSR count). The Morgan fingerprint density at radius 3 is 2.86 bits per heavy atom. The van der Waals surface area contributed by atoms with Crippen LogP contribution in [0.1, 0.15) is 6.92 Å². The highest BCUT2D eigenvalue weighted by molar-refractivity contribution is 8.05. The molecule has 1 atom stereocenters. The standard InChI is InChI=1S/C14H12N2O4S/c1-7-12(17)16-8-5-3-4-6-9(8)20-11(15)10(13(16)21-7)14(18)19-2/h3-7,15H,1-2H3. The zero-order chi connectivity index (χ0) is 15.1. The first kappa shape index (κ1) is 13.7. The van der Waals surface area contributed by atoms with Gasteiger partial charge in [0.1, 0.15) is 5.03 Å². The fraction of sp³-hybridized carbons (Fsp3) is 0.214. The van der Waals surface area contributed by atoms with Crippen molar-refractivity contribution in [2.75, 3.05) is 12.0 Å². The number of ether oxygens (including phenoxy) is 2. The Balaban J connectivity index is 2.26. The van der Waals surface area contributed by atoms with E-state index in [2.05, 4.69) is 0 Å². The molecule has 1 unspecified atom stereocenters. The minimum absolute atomic E-state index is 0.0311. The normalized spacial score (nSPS) is 20.7. The number of nitrogens with zero attached hydrogens (tertiary/aromatic N) is 1.